The van der Waals surface area contributed by atoms with E-state index < -0.39 is 0 Å². The molecule has 1 aliphatic rings. The normalized spacial score (nSPS) is 13.3. The molecular weight excluding hydrogens is 514 g/mol. The van der Waals surface area contributed by atoms with Gasteiger partial charge in [-0.3, -0.25) is 4.79 Å². The maximum absolute atomic E-state index is 13.4. The third-order valence-electron chi connectivity index (χ3n) is 7.23. The van der Waals surface area contributed by atoms with Gasteiger partial charge < -0.3 is 14.3 Å². The maximum atomic E-state index is 13.4. The Morgan fingerprint density at radius 1 is 1.11 bits per heavy atom. The number of halogens is 1. The number of aliphatic imine (C=N–C) groups is 1. The van der Waals surface area contributed by atoms with Crippen LogP contribution in [0.1, 0.15) is 56.2 Å². The zero-order chi connectivity index (χ0) is 26.1. The fraction of sp³-hybridized carbons (Fsp3) is 0.226. The van der Waals surface area contributed by atoms with Gasteiger partial charge in [-0.2, -0.15) is 0 Å². The molecule has 0 spiro atoms. The summed E-state index contributed by atoms with van der Waals surface area (Å²) in [5.74, 6) is 0.645. The Morgan fingerprint density at radius 2 is 1.92 bits per heavy atom. The van der Waals surface area contributed by atoms with Crippen molar-refractivity contribution in [3.8, 4) is 0 Å². The molecule has 3 aromatic heterocycles. The lowest BCUT2D eigenvalue weighted by atomic mass is 9.95. The molecule has 1 amide bonds. The van der Waals surface area contributed by atoms with Gasteiger partial charge in [0.1, 0.15) is 10.8 Å². The standard InChI is InChI=1S/C31H28ClN3O2S/c1-20-26(24-8-2-4-10-27(24)35(20)19-21-12-14-22(32)15-13-21)18-34-31-29(25-9-3-5-11-28(25)38-31)30(36)33-17-23-7-6-16-37-23/h2,4,6-8,10,12-16,18H,3,5,9,11,17,19H2,1H3,(H,33,36). The summed E-state index contributed by atoms with van der Waals surface area (Å²) < 4.78 is 7.72. The topological polar surface area (TPSA) is 59.5 Å². The number of benzene rings is 2. The summed E-state index contributed by atoms with van der Waals surface area (Å²) in [6, 6.07) is 20.1. The number of carbonyl (C=O) groups is 1. The van der Waals surface area contributed by atoms with E-state index in [1.165, 1.54) is 10.4 Å². The average Bonchev–Trinajstić information content (AvgIpc) is 3.65. The number of para-hydroxylation sites is 1. The summed E-state index contributed by atoms with van der Waals surface area (Å²) in [5.41, 5.74) is 6.42. The predicted molar refractivity (Wildman–Crippen MR) is 155 cm³/mol. The molecule has 7 heteroatoms. The van der Waals surface area contributed by atoms with Gasteiger partial charge in [-0.05, 0) is 74.1 Å². The van der Waals surface area contributed by atoms with E-state index in [2.05, 4.69) is 53.2 Å². The van der Waals surface area contributed by atoms with Gasteiger partial charge in [0.05, 0.1) is 18.4 Å². The van der Waals surface area contributed by atoms with Crippen molar-refractivity contribution in [2.24, 2.45) is 4.99 Å². The highest BCUT2D eigenvalue weighted by Crippen LogP contribution is 2.40. The molecule has 0 atom stereocenters. The van der Waals surface area contributed by atoms with E-state index in [-0.39, 0.29) is 5.91 Å². The lowest BCUT2D eigenvalue weighted by Gasteiger charge is -2.12. The van der Waals surface area contributed by atoms with Crippen LogP contribution in [0.5, 0.6) is 0 Å². The summed E-state index contributed by atoms with van der Waals surface area (Å²) in [4.78, 5) is 19.6. The second-order valence-electron chi connectivity index (χ2n) is 9.64. The number of hydrogen-bond donors (Lipinski definition) is 1. The van der Waals surface area contributed by atoms with Gasteiger partial charge in [-0.15, -0.1) is 11.3 Å². The van der Waals surface area contributed by atoms with E-state index in [9.17, 15) is 4.79 Å². The largest absolute Gasteiger partial charge is 0.467 e. The number of nitrogens with zero attached hydrogens (tertiary/aromatic N) is 2. The third-order valence-corrected chi connectivity index (χ3v) is 8.68. The van der Waals surface area contributed by atoms with Gasteiger partial charge in [0.25, 0.3) is 5.91 Å². The van der Waals surface area contributed by atoms with Gasteiger partial charge >= 0.3 is 0 Å². The third kappa shape index (κ3) is 4.82. The number of furan rings is 1. The van der Waals surface area contributed by atoms with Crippen LogP contribution in [-0.2, 0) is 25.9 Å². The lowest BCUT2D eigenvalue weighted by molar-refractivity contribution is 0.0948. The lowest BCUT2D eigenvalue weighted by Crippen LogP contribution is -2.23. The van der Waals surface area contributed by atoms with Crippen molar-refractivity contribution >= 4 is 51.0 Å². The molecule has 0 unspecified atom stereocenters. The van der Waals surface area contributed by atoms with Crippen LogP contribution in [0.3, 0.4) is 0 Å². The average molecular weight is 542 g/mol. The number of thiophene rings is 1. The number of aryl methyl sites for hydroxylation is 1. The quantitative estimate of drug-likeness (QED) is 0.213. The summed E-state index contributed by atoms with van der Waals surface area (Å²) >= 11 is 7.76. The smallest absolute Gasteiger partial charge is 0.255 e. The van der Waals surface area contributed by atoms with E-state index in [4.69, 9.17) is 21.0 Å². The predicted octanol–water partition coefficient (Wildman–Crippen LogP) is 7.87. The first-order chi connectivity index (χ1) is 18.6. The molecule has 3 heterocycles. The van der Waals surface area contributed by atoms with Gasteiger partial charge in [0.2, 0.25) is 0 Å². The van der Waals surface area contributed by atoms with Crippen LogP contribution in [0.4, 0.5) is 5.00 Å². The first-order valence-electron chi connectivity index (χ1n) is 12.9. The van der Waals surface area contributed by atoms with Crippen LogP contribution >= 0.6 is 22.9 Å². The Bertz CT molecular complexity index is 1630. The Labute approximate surface area is 230 Å². The zero-order valence-electron chi connectivity index (χ0n) is 21.2. The number of hydrogen-bond acceptors (Lipinski definition) is 4. The summed E-state index contributed by atoms with van der Waals surface area (Å²) in [7, 11) is 0. The van der Waals surface area contributed by atoms with Gasteiger partial charge in [-0.25, -0.2) is 4.99 Å². The Kier molecular flexibility index (Phi) is 6.92. The van der Waals surface area contributed by atoms with Crippen molar-refractivity contribution in [3.63, 3.8) is 0 Å². The molecule has 2 aromatic carbocycles. The van der Waals surface area contributed by atoms with Crippen molar-refractivity contribution in [2.45, 2.75) is 45.7 Å². The summed E-state index contributed by atoms with van der Waals surface area (Å²) in [6.07, 6.45) is 7.74. The summed E-state index contributed by atoms with van der Waals surface area (Å²) in [5, 5.41) is 5.70. The first kappa shape index (κ1) is 24.7. The van der Waals surface area contributed by atoms with Crippen LogP contribution in [0.15, 0.2) is 76.3 Å². The second kappa shape index (κ2) is 10.6. The van der Waals surface area contributed by atoms with Crippen molar-refractivity contribution < 1.29 is 9.21 Å². The molecule has 1 aliphatic carbocycles. The maximum Gasteiger partial charge on any atom is 0.255 e. The molecule has 0 bridgehead atoms. The minimum absolute atomic E-state index is 0.0881. The van der Waals surface area contributed by atoms with Gasteiger partial charge in [0, 0.05) is 44.8 Å². The van der Waals surface area contributed by atoms with E-state index in [0.717, 1.165) is 81.3 Å². The highest BCUT2D eigenvalue weighted by Gasteiger charge is 2.25. The number of carbonyl (C=O) groups excluding carboxylic acids is 1. The Balaban J connectivity index is 1.36. The molecule has 192 valence electrons. The van der Waals surface area contributed by atoms with Crippen LogP contribution in [-0.4, -0.2) is 16.7 Å². The van der Waals surface area contributed by atoms with Crippen molar-refractivity contribution in [3.05, 3.63) is 111 Å². The molecule has 0 radical (unpaired) electrons. The van der Waals surface area contributed by atoms with E-state index in [1.54, 1.807) is 17.6 Å². The molecule has 5 nitrogen and oxygen atoms in total. The fourth-order valence-corrected chi connectivity index (χ4v) is 6.62. The van der Waals surface area contributed by atoms with E-state index in [0.29, 0.717) is 6.54 Å². The second-order valence-corrected chi connectivity index (χ2v) is 11.2. The number of nitrogens with one attached hydrogen (secondary N) is 1. The molecule has 5 aromatic rings. The Morgan fingerprint density at radius 3 is 2.74 bits per heavy atom. The van der Waals surface area contributed by atoms with Gasteiger partial charge in [0.15, 0.2) is 0 Å². The molecule has 0 aliphatic heterocycles. The molecule has 1 N–H and O–H groups in total. The first-order valence-corrected chi connectivity index (χ1v) is 14.1. The highest BCUT2D eigenvalue weighted by atomic mass is 35.5. The minimum atomic E-state index is -0.0881. The number of rotatable bonds is 7. The van der Waals surface area contributed by atoms with E-state index >= 15 is 0 Å². The highest BCUT2D eigenvalue weighted by molar-refractivity contribution is 7.16. The molecular formula is C31H28ClN3O2S. The molecule has 0 saturated heterocycles. The minimum Gasteiger partial charge on any atom is -0.467 e. The Hall–Kier alpha value is -3.61. The van der Waals surface area contributed by atoms with E-state index in [1.807, 2.05) is 30.5 Å². The monoisotopic (exact) mass is 541 g/mol. The SMILES string of the molecule is Cc1c(C=Nc2sc3c(c2C(=O)NCc2ccco2)CCCC3)c2ccccc2n1Cc1ccc(Cl)cc1. The van der Waals surface area contributed by atoms with Crippen LogP contribution < -0.4 is 5.32 Å². The molecule has 6 rings (SSSR count). The zero-order valence-corrected chi connectivity index (χ0v) is 22.7. The molecule has 38 heavy (non-hydrogen) atoms. The van der Waals surface area contributed by atoms with Gasteiger partial charge in [-0.1, -0.05) is 41.9 Å². The van der Waals surface area contributed by atoms with Crippen LogP contribution in [0.2, 0.25) is 5.02 Å². The number of amides is 1. The summed E-state index contributed by atoms with van der Waals surface area (Å²) in [6.45, 7) is 3.23. The fourth-order valence-electron chi connectivity index (χ4n) is 5.27. The molecule has 0 saturated carbocycles. The number of aromatic nitrogens is 1. The van der Waals surface area contributed by atoms with Crippen LogP contribution in [0.25, 0.3) is 10.9 Å². The number of fused-ring (bicyclic) bond motifs is 2. The molecule has 0 fully saturated rings. The van der Waals surface area contributed by atoms with Crippen molar-refractivity contribution in [1.29, 1.82) is 0 Å². The van der Waals surface area contributed by atoms with Crippen molar-refractivity contribution in [2.75, 3.05) is 0 Å². The van der Waals surface area contributed by atoms with Crippen molar-refractivity contribution in [1.82, 2.24) is 9.88 Å². The van der Waals surface area contributed by atoms with Crippen LogP contribution in [0, 0.1) is 6.92 Å².